The Morgan fingerprint density at radius 1 is 1.14 bits per heavy atom. The number of nitrogens with one attached hydrogen (secondary N) is 2. The van der Waals surface area contributed by atoms with Crippen LogP contribution in [0.5, 0.6) is 0 Å². The number of alkyl carbamates (subject to hydrolysis) is 1. The van der Waals surface area contributed by atoms with Crippen molar-refractivity contribution in [2.75, 3.05) is 13.7 Å². The van der Waals surface area contributed by atoms with Crippen molar-refractivity contribution in [3.05, 3.63) is 54.4 Å². The number of aromatic nitrogens is 4. The van der Waals surface area contributed by atoms with Gasteiger partial charge in [-0.25, -0.2) is 14.8 Å². The molecule has 43 heavy (non-hydrogen) atoms. The minimum absolute atomic E-state index is 0.0922. The molecule has 2 amide bonds. The van der Waals surface area contributed by atoms with E-state index < -0.39 is 17.7 Å². The number of carbonyl (C=O) groups is 3. The maximum atomic E-state index is 13.4. The summed E-state index contributed by atoms with van der Waals surface area (Å²) < 4.78 is 12.1. The van der Waals surface area contributed by atoms with E-state index >= 15 is 0 Å². The standard InChI is InChI=1S/C31H38N6O5S/c1-18(2)26(35-30(40)41-6)28(39)37-13-7-8-23(37)27-32-15-22(34-27)19-9-11-20(12-10-19)24-17-36-16-21(33-29(36)43-24)14-25(38)42-31(3,4)5/h9-12,15-18,23,26H,7-8,13-14H2,1-6H3,(H,32,34)(H,35,40)/t23-,26-/m0/s1. The van der Waals surface area contributed by atoms with Gasteiger partial charge >= 0.3 is 12.1 Å². The van der Waals surface area contributed by atoms with Crippen LogP contribution < -0.4 is 5.32 Å². The highest BCUT2D eigenvalue weighted by atomic mass is 32.1. The van der Waals surface area contributed by atoms with Gasteiger partial charge in [0.1, 0.15) is 17.5 Å². The molecule has 0 aliphatic carbocycles. The fraction of sp³-hybridized carbons (Fsp3) is 0.452. The molecule has 0 spiro atoms. The van der Waals surface area contributed by atoms with Gasteiger partial charge < -0.3 is 24.7 Å². The highest BCUT2D eigenvalue weighted by Gasteiger charge is 2.37. The number of imidazole rings is 2. The quantitative estimate of drug-likeness (QED) is 0.258. The molecule has 1 aliphatic heterocycles. The molecule has 3 aromatic heterocycles. The summed E-state index contributed by atoms with van der Waals surface area (Å²) in [6, 6.07) is 7.32. The molecular formula is C31H38N6O5S. The summed E-state index contributed by atoms with van der Waals surface area (Å²) in [6.07, 6.45) is 6.84. The second-order valence-electron chi connectivity index (χ2n) is 12.1. The molecule has 4 heterocycles. The molecule has 0 radical (unpaired) electrons. The largest absolute Gasteiger partial charge is 0.460 e. The van der Waals surface area contributed by atoms with Gasteiger partial charge in [-0.05, 0) is 50.7 Å². The zero-order valence-corrected chi connectivity index (χ0v) is 26.2. The van der Waals surface area contributed by atoms with Crippen LogP contribution in [0.1, 0.15) is 65.0 Å². The number of hydrogen-bond acceptors (Lipinski definition) is 8. The first-order valence-electron chi connectivity index (χ1n) is 14.4. The lowest BCUT2D eigenvalue weighted by atomic mass is 10.0. The monoisotopic (exact) mass is 606 g/mol. The number of H-pyrrole nitrogens is 1. The topological polar surface area (TPSA) is 131 Å². The summed E-state index contributed by atoms with van der Waals surface area (Å²) in [5.41, 5.74) is 3.05. The Morgan fingerprint density at radius 3 is 2.51 bits per heavy atom. The Balaban J connectivity index is 1.27. The third kappa shape index (κ3) is 6.90. The molecule has 1 aliphatic rings. The van der Waals surface area contributed by atoms with Crippen molar-refractivity contribution >= 4 is 34.3 Å². The SMILES string of the molecule is COC(=O)N[C@H](C(=O)N1CCC[C@H]1c1ncc(-c2ccc(-c3cn4cc(CC(=O)OC(C)(C)C)nc4s3)cc2)[nH]1)C(C)C. The number of likely N-dealkylation sites (tertiary alicyclic amines) is 1. The van der Waals surface area contributed by atoms with E-state index in [1.54, 1.807) is 22.4 Å². The van der Waals surface area contributed by atoms with Crippen LogP contribution in [0.3, 0.4) is 0 Å². The highest BCUT2D eigenvalue weighted by Crippen LogP contribution is 2.34. The average Bonchev–Trinajstić information content (AvgIpc) is 3.73. The van der Waals surface area contributed by atoms with Crippen LogP contribution in [0, 0.1) is 5.92 Å². The fourth-order valence-corrected chi connectivity index (χ4v) is 6.24. The Labute approximate surface area is 254 Å². The van der Waals surface area contributed by atoms with E-state index in [2.05, 4.69) is 32.4 Å². The van der Waals surface area contributed by atoms with E-state index in [-0.39, 0.29) is 30.3 Å². The lowest BCUT2D eigenvalue weighted by Gasteiger charge is -2.30. The third-order valence-corrected chi connectivity index (χ3v) is 8.32. The minimum atomic E-state index is -0.674. The number of carbonyl (C=O) groups excluding carboxylic acids is 3. The Kier molecular flexibility index (Phi) is 8.59. The Morgan fingerprint density at radius 2 is 1.86 bits per heavy atom. The molecule has 4 aromatic rings. The second-order valence-corrected chi connectivity index (χ2v) is 13.1. The molecule has 228 valence electrons. The van der Waals surface area contributed by atoms with Crippen molar-refractivity contribution in [2.24, 2.45) is 5.92 Å². The van der Waals surface area contributed by atoms with Crippen LogP contribution in [0.2, 0.25) is 0 Å². The molecule has 12 heteroatoms. The van der Waals surface area contributed by atoms with Crippen molar-refractivity contribution < 1.29 is 23.9 Å². The van der Waals surface area contributed by atoms with E-state index in [9.17, 15) is 14.4 Å². The number of benzene rings is 1. The predicted molar refractivity (Wildman–Crippen MR) is 163 cm³/mol. The molecule has 2 atom stereocenters. The molecule has 1 fully saturated rings. The minimum Gasteiger partial charge on any atom is -0.460 e. The van der Waals surface area contributed by atoms with Gasteiger partial charge in [-0.2, -0.15) is 0 Å². The summed E-state index contributed by atoms with van der Waals surface area (Å²) in [6.45, 7) is 9.95. The summed E-state index contributed by atoms with van der Waals surface area (Å²) in [5.74, 6) is 0.209. The van der Waals surface area contributed by atoms with Gasteiger partial charge in [0, 0.05) is 18.9 Å². The number of ether oxygens (including phenoxy) is 2. The fourth-order valence-electron chi connectivity index (χ4n) is 5.25. The van der Waals surface area contributed by atoms with E-state index in [1.807, 2.05) is 63.5 Å². The van der Waals surface area contributed by atoms with Crippen molar-refractivity contribution in [1.82, 2.24) is 29.6 Å². The van der Waals surface area contributed by atoms with Crippen LogP contribution >= 0.6 is 11.3 Å². The molecule has 0 saturated carbocycles. The van der Waals surface area contributed by atoms with E-state index in [4.69, 9.17) is 9.47 Å². The summed E-state index contributed by atoms with van der Waals surface area (Å²) in [4.78, 5) is 53.8. The number of rotatable bonds is 8. The first-order chi connectivity index (χ1) is 20.4. The molecule has 2 N–H and O–H groups in total. The Hall–Kier alpha value is -4.19. The first kappa shape index (κ1) is 30.3. The molecular weight excluding hydrogens is 568 g/mol. The Bertz CT molecular complexity index is 1580. The number of methoxy groups -OCH3 is 1. The van der Waals surface area contributed by atoms with E-state index in [0.29, 0.717) is 12.2 Å². The van der Waals surface area contributed by atoms with Gasteiger partial charge in [0.25, 0.3) is 0 Å². The van der Waals surface area contributed by atoms with Gasteiger partial charge in [-0.3, -0.25) is 14.0 Å². The number of esters is 1. The number of aromatic amines is 1. The maximum absolute atomic E-state index is 13.4. The first-order valence-corrected chi connectivity index (χ1v) is 15.2. The predicted octanol–water partition coefficient (Wildman–Crippen LogP) is 5.38. The number of hydrogen-bond donors (Lipinski definition) is 2. The summed E-state index contributed by atoms with van der Waals surface area (Å²) >= 11 is 1.55. The van der Waals surface area contributed by atoms with Gasteiger partial charge in [-0.15, -0.1) is 0 Å². The zero-order valence-electron chi connectivity index (χ0n) is 25.3. The van der Waals surface area contributed by atoms with Crippen LogP contribution in [0.25, 0.3) is 26.7 Å². The zero-order chi connectivity index (χ0) is 30.9. The average molecular weight is 607 g/mol. The van der Waals surface area contributed by atoms with Crippen molar-refractivity contribution in [2.45, 2.75) is 71.6 Å². The van der Waals surface area contributed by atoms with Gasteiger partial charge in [0.05, 0.1) is 42.0 Å². The van der Waals surface area contributed by atoms with Crippen molar-refractivity contribution in [3.8, 4) is 21.7 Å². The molecule has 5 rings (SSSR count). The molecule has 1 saturated heterocycles. The van der Waals surface area contributed by atoms with Crippen LogP contribution in [0.15, 0.2) is 42.9 Å². The van der Waals surface area contributed by atoms with E-state index in [0.717, 1.165) is 45.3 Å². The smallest absolute Gasteiger partial charge is 0.407 e. The molecule has 1 aromatic carbocycles. The number of nitrogens with zero attached hydrogens (tertiary/aromatic N) is 4. The third-order valence-electron chi connectivity index (χ3n) is 7.27. The van der Waals surface area contributed by atoms with Gasteiger partial charge in [-0.1, -0.05) is 49.4 Å². The van der Waals surface area contributed by atoms with Crippen LogP contribution in [-0.4, -0.2) is 67.5 Å². The van der Waals surface area contributed by atoms with Crippen LogP contribution in [0.4, 0.5) is 4.79 Å². The highest BCUT2D eigenvalue weighted by molar-refractivity contribution is 7.20. The normalized spacial score (nSPS) is 16.1. The molecule has 0 unspecified atom stereocenters. The summed E-state index contributed by atoms with van der Waals surface area (Å²) in [7, 11) is 1.29. The summed E-state index contributed by atoms with van der Waals surface area (Å²) in [5, 5.41) is 2.68. The lowest BCUT2D eigenvalue weighted by Crippen LogP contribution is -2.51. The van der Waals surface area contributed by atoms with E-state index in [1.165, 1.54) is 7.11 Å². The second kappa shape index (κ2) is 12.2. The number of thiazole rings is 1. The van der Waals surface area contributed by atoms with Gasteiger partial charge in [0.2, 0.25) is 5.91 Å². The van der Waals surface area contributed by atoms with Crippen molar-refractivity contribution in [1.29, 1.82) is 0 Å². The number of amides is 2. The maximum Gasteiger partial charge on any atom is 0.407 e. The molecule has 11 nitrogen and oxygen atoms in total. The van der Waals surface area contributed by atoms with Crippen molar-refractivity contribution in [3.63, 3.8) is 0 Å². The lowest BCUT2D eigenvalue weighted by molar-refractivity contribution is -0.154. The molecule has 0 bridgehead atoms. The van der Waals surface area contributed by atoms with Crippen LogP contribution in [-0.2, 0) is 25.5 Å². The number of fused-ring (bicyclic) bond motifs is 1. The van der Waals surface area contributed by atoms with Gasteiger partial charge in [0.15, 0.2) is 4.96 Å².